The molecule has 0 bridgehead atoms. The van der Waals surface area contributed by atoms with Gasteiger partial charge in [0.05, 0.1) is 29.1 Å². The molecule has 0 aliphatic carbocycles. The van der Waals surface area contributed by atoms with Crippen LogP contribution in [0.15, 0.2) is 33.9 Å². The summed E-state index contributed by atoms with van der Waals surface area (Å²) in [5.74, 6) is 1.36. The molecule has 0 atom stereocenters. The van der Waals surface area contributed by atoms with Crippen molar-refractivity contribution < 1.29 is 13.9 Å². The minimum absolute atomic E-state index is 0.319. The number of esters is 1. The molecule has 0 spiro atoms. The van der Waals surface area contributed by atoms with Crippen molar-refractivity contribution in [3.63, 3.8) is 0 Å². The second-order valence-electron chi connectivity index (χ2n) is 5.48. The van der Waals surface area contributed by atoms with Crippen molar-refractivity contribution in [3.8, 4) is 0 Å². The Morgan fingerprint density at radius 2 is 2.04 bits per heavy atom. The van der Waals surface area contributed by atoms with Crippen LogP contribution in [0.1, 0.15) is 34.4 Å². The first-order valence-corrected chi connectivity index (χ1v) is 10.5. The van der Waals surface area contributed by atoms with Gasteiger partial charge < -0.3 is 9.15 Å². The van der Waals surface area contributed by atoms with Gasteiger partial charge in [-0.3, -0.25) is 4.98 Å². The average Bonchev–Trinajstić information content (AvgIpc) is 3.08. The van der Waals surface area contributed by atoms with Crippen LogP contribution >= 0.6 is 23.5 Å². The third-order valence-electron chi connectivity index (χ3n) is 3.76. The first kappa shape index (κ1) is 18.7. The Labute approximate surface area is 160 Å². The SMILES string of the molecule is CCOC(=O)c1c(CSc2nnc(CSC)o2)nc2ccccc2c1C. The van der Waals surface area contributed by atoms with Crippen LogP contribution < -0.4 is 0 Å². The topological polar surface area (TPSA) is 78.1 Å². The van der Waals surface area contributed by atoms with E-state index in [0.29, 0.717) is 40.5 Å². The van der Waals surface area contributed by atoms with Gasteiger partial charge in [0, 0.05) is 11.1 Å². The number of para-hydroxylation sites is 1. The first-order valence-electron chi connectivity index (χ1n) is 8.13. The number of hydrogen-bond donors (Lipinski definition) is 0. The summed E-state index contributed by atoms with van der Waals surface area (Å²) in [6, 6.07) is 7.77. The van der Waals surface area contributed by atoms with Crippen LogP contribution in [0.4, 0.5) is 0 Å². The van der Waals surface area contributed by atoms with Crippen LogP contribution in [0.5, 0.6) is 0 Å². The fraction of sp³-hybridized carbons (Fsp3) is 0.333. The van der Waals surface area contributed by atoms with E-state index < -0.39 is 0 Å². The van der Waals surface area contributed by atoms with Gasteiger partial charge in [0.15, 0.2) is 0 Å². The predicted octanol–water partition coefficient (Wildman–Crippen LogP) is 4.26. The normalized spacial score (nSPS) is 11.0. The van der Waals surface area contributed by atoms with E-state index in [2.05, 4.69) is 15.2 Å². The van der Waals surface area contributed by atoms with Gasteiger partial charge in [-0.2, -0.15) is 11.8 Å². The van der Waals surface area contributed by atoms with Gasteiger partial charge in [-0.25, -0.2) is 4.79 Å². The van der Waals surface area contributed by atoms with Crippen molar-refractivity contribution in [2.75, 3.05) is 12.9 Å². The standard InChI is InChI=1S/C18H19N3O3S2/c1-4-23-17(22)16-11(2)12-7-5-6-8-13(12)19-14(16)9-26-18-21-20-15(24-18)10-25-3/h5-8H,4,9-10H2,1-3H3. The maximum atomic E-state index is 12.5. The summed E-state index contributed by atoms with van der Waals surface area (Å²) >= 11 is 2.99. The Hall–Kier alpha value is -2.06. The minimum Gasteiger partial charge on any atom is -0.462 e. The van der Waals surface area contributed by atoms with Crippen molar-refractivity contribution in [2.24, 2.45) is 0 Å². The number of ether oxygens (including phenoxy) is 1. The summed E-state index contributed by atoms with van der Waals surface area (Å²) in [5, 5.41) is 9.45. The van der Waals surface area contributed by atoms with Crippen molar-refractivity contribution in [3.05, 3.63) is 47.0 Å². The molecule has 136 valence electrons. The number of thioether (sulfide) groups is 2. The molecule has 0 saturated carbocycles. The van der Waals surface area contributed by atoms with E-state index in [4.69, 9.17) is 9.15 Å². The van der Waals surface area contributed by atoms with Crippen molar-refractivity contribution >= 4 is 40.4 Å². The van der Waals surface area contributed by atoms with Gasteiger partial charge in [0.2, 0.25) is 5.89 Å². The van der Waals surface area contributed by atoms with E-state index in [-0.39, 0.29) is 5.97 Å². The van der Waals surface area contributed by atoms with Crippen LogP contribution in [-0.4, -0.2) is 34.0 Å². The fourth-order valence-corrected chi connectivity index (χ4v) is 3.71. The first-order chi connectivity index (χ1) is 12.6. The second-order valence-corrected chi connectivity index (χ2v) is 7.27. The molecule has 0 aliphatic heterocycles. The molecular formula is C18H19N3O3S2. The molecule has 0 saturated heterocycles. The zero-order valence-corrected chi connectivity index (χ0v) is 16.4. The summed E-state index contributed by atoms with van der Waals surface area (Å²) < 4.78 is 10.8. The number of aromatic nitrogens is 3. The molecule has 2 aromatic heterocycles. The predicted molar refractivity (Wildman–Crippen MR) is 104 cm³/mol. The zero-order chi connectivity index (χ0) is 18.5. The van der Waals surface area contributed by atoms with E-state index >= 15 is 0 Å². The lowest BCUT2D eigenvalue weighted by molar-refractivity contribution is 0.0524. The molecule has 0 radical (unpaired) electrons. The number of hydrogen-bond acceptors (Lipinski definition) is 8. The molecule has 3 aromatic rings. The molecule has 6 nitrogen and oxygen atoms in total. The smallest absolute Gasteiger partial charge is 0.340 e. The molecular weight excluding hydrogens is 370 g/mol. The third kappa shape index (κ3) is 4.02. The second kappa shape index (κ2) is 8.55. The lowest BCUT2D eigenvalue weighted by Crippen LogP contribution is -2.12. The number of carbonyl (C=O) groups excluding carboxylic acids is 1. The molecule has 3 rings (SSSR count). The molecule has 8 heteroatoms. The summed E-state index contributed by atoms with van der Waals surface area (Å²) in [7, 11) is 0. The number of rotatable bonds is 7. The highest BCUT2D eigenvalue weighted by molar-refractivity contribution is 7.98. The maximum Gasteiger partial charge on any atom is 0.340 e. The van der Waals surface area contributed by atoms with E-state index in [0.717, 1.165) is 16.5 Å². The quantitative estimate of drug-likeness (QED) is 0.438. The Kier molecular flexibility index (Phi) is 6.16. The Balaban J connectivity index is 1.94. The van der Waals surface area contributed by atoms with Gasteiger partial charge in [-0.1, -0.05) is 30.0 Å². The van der Waals surface area contributed by atoms with E-state index in [9.17, 15) is 4.79 Å². The maximum absolute atomic E-state index is 12.5. The molecule has 0 fully saturated rings. The highest BCUT2D eigenvalue weighted by Crippen LogP contribution is 2.28. The van der Waals surface area contributed by atoms with Crippen molar-refractivity contribution in [2.45, 2.75) is 30.6 Å². The van der Waals surface area contributed by atoms with Crippen LogP contribution in [-0.2, 0) is 16.2 Å². The summed E-state index contributed by atoms with van der Waals surface area (Å²) in [6.45, 7) is 4.04. The van der Waals surface area contributed by atoms with E-state index in [1.54, 1.807) is 18.7 Å². The van der Waals surface area contributed by atoms with Gasteiger partial charge in [0.1, 0.15) is 0 Å². The number of carbonyl (C=O) groups is 1. The van der Waals surface area contributed by atoms with E-state index in [1.807, 2.05) is 37.4 Å². The highest BCUT2D eigenvalue weighted by atomic mass is 32.2. The fourth-order valence-electron chi connectivity index (χ4n) is 2.63. The number of pyridine rings is 1. The van der Waals surface area contributed by atoms with Crippen LogP contribution in [0.2, 0.25) is 0 Å². The number of fused-ring (bicyclic) bond motifs is 1. The Bertz CT molecular complexity index is 927. The molecule has 0 amide bonds. The summed E-state index contributed by atoms with van der Waals surface area (Å²) in [4.78, 5) is 17.2. The third-order valence-corrected chi connectivity index (χ3v) is 5.12. The van der Waals surface area contributed by atoms with E-state index in [1.165, 1.54) is 11.8 Å². The number of nitrogens with zero attached hydrogens (tertiary/aromatic N) is 3. The average molecular weight is 390 g/mol. The van der Waals surface area contributed by atoms with Crippen molar-refractivity contribution in [1.29, 1.82) is 0 Å². The van der Waals surface area contributed by atoms with Gasteiger partial charge in [0.25, 0.3) is 5.22 Å². The molecule has 0 unspecified atom stereocenters. The van der Waals surface area contributed by atoms with Crippen LogP contribution in [0.25, 0.3) is 10.9 Å². The van der Waals surface area contributed by atoms with Crippen molar-refractivity contribution in [1.82, 2.24) is 15.2 Å². The molecule has 1 aromatic carbocycles. The monoisotopic (exact) mass is 389 g/mol. The number of benzene rings is 1. The lowest BCUT2D eigenvalue weighted by Gasteiger charge is -2.13. The Morgan fingerprint density at radius 1 is 1.23 bits per heavy atom. The van der Waals surface area contributed by atoms with Gasteiger partial charge >= 0.3 is 5.97 Å². The molecule has 2 heterocycles. The lowest BCUT2D eigenvalue weighted by atomic mass is 10.0. The molecule has 26 heavy (non-hydrogen) atoms. The zero-order valence-electron chi connectivity index (χ0n) is 14.8. The molecule has 0 N–H and O–H groups in total. The Morgan fingerprint density at radius 3 is 2.81 bits per heavy atom. The van der Waals surface area contributed by atoms with Crippen LogP contribution in [0, 0.1) is 6.92 Å². The molecule has 0 aliphatic rings. The largest absolute Gasteiger partial charge is 0.462 e. The minimum atomic E-state index is -0.354. The van der Waals surface area contributed by atoms with Gasteiger partial charge in [-0.15, -0.1) is 10.2 Å². The highest BCUT2D eigenvalue weighted by Gasteiger charge is 2.20. The van der Waals surface area contributed by atoms with Crippen LogP contribution in [0.3, 0.4) is 0 Å². The van der Waals surface area contributed by atoms with Gasteiger partial charge in [-0.05, 0) is 31.7 Å². The summed E-state index contributed by atoms with van der Waals surface area (Å²) in [6.07, 6.45) is 1.98. The summed E-state index contributed by atoms with van der Waals surface area (Å²) in [5.41, 5.74) is 2.90. The number of aryl methyl sites for hydroxylation is 1.